The molecule has 0 spiro atoms. The van der Waals surface area contributed by atoms with Crippen molar-refractivity contribution in [2.45, 2.75) is 25.7 Å². The molecule has 0 rings (SSSR count). The van der Waals surface area contributed by atoms with Gasteiger partial charge in [0.25, 0.3) is 0 Å². The van der Waals surface area contributed by atoms with Gasteiger partial charge in [0.2, 0.25) is 0 Å². The molecule has 0 aliphatic carbocycles. The second-order valence-corrected chi connectivity index (χ2v) is 3.42. The van der Waals surface area contributed by atoms with Crippen molar-refractivity contribution < 1.29 is 9.59 Å². The first-order valence-electron chi connectivity index (χ1n) is 3.95. The Kier molecular flexibility index (Phi) is 7.70. The molecule has 0 heterocycles. The highest BCUT2D eigenvalue weighted by molar-refractivity contribution is 7.80. The lowest BCUT2D eigenvalue weighted by atomic mass is 10.1. The molecule has 2 nitrogen and oxygen atoms in total. The summed E-state index contributed by atoms with van der Waals surface area (Å²) in [7, 11) is 0. The number of hydrogen-bond acceptors (Lipinski definition) is 4. The molecule has 0 saturated carbocycles. The van der Waals surface area contributed by atoms with Gasteiger partial charge in [0.05, 0.1) is 0 Å². The topological polar surface area (TPSA) is 34.1 Å². The summed E-state index contributed by atoms with van der Waals surface area (Å²) in [5, 5.41) is 0. The highest BCUT2D eigenvalue weighted by Crippen LogP contribution is 2.00. The average Bonchev–Trinajstić information content (AvgIpc) is 2.02. The molecule has 12 heavy (non-hydrogen) atoms. The molecule has 0 aromatic rings. The van der Waals surface area contributed by atoms with Crippen molar-refractivity contribution in [2.75, 3.05) is 11.5 Å². The van der Waals surface area contributed by atoms with Crippen LogP contribution >= 0.6 is 25.3 Å². The zero-order chi connectivity index (χ0) is 9.40. The average molecular weight is 206 g/mol. The van der Waals surface area contributed by atoms with E-state index in [9.17, 15) is 9.59 Å². The number of hydrogen-bond donors (Lipinski definition) is 2. The van der Waals surface area contributed by atoms with Gasteiger partial charge in [-0.3, -0.25) is 9.59 Å². The Bertz CT molecular complexity index is 139. The van der Waals surface area contributed by atoms with E-state index in [1.807, 2.05) is 0 Å². The van der Waals surface area contributed by atoms with Gasteiger partial charge in [0.15, 0.2) is 0 Å². The predicted molar refractivity (Wildman–Crippen MR) is 56.2 cm³/mol. The fourth-order valence-corrected chi connectivity index (χ4v) is 1.28. The van der Waals surface area contributed by atoms with E-state index in [1.165, 1.54) is 0 Å². The normalized spacial score (nSPS) is 9.83. The first kappa shape index (κ1) is 12.0. The van der Waals surface area contributed by atoms with Gasteiger partial charge in [-0.15, -0.1) is 0 Å². The molecule has 0 radical (unpaired) electrons. The van der Waals surface area contributed by atoms with Crippen LogP contribution < -0.4 is 0 Å². The van der Waals surface area contributed by atoms with Gasteiger partial charge < -0.3 is 0 Å². The van der Waals surface area contributed by atoms with Crippen LogP contribution in [0, 0.1) is 0 Å². The van der Waals surface area contributed by atoms with Crippen molar-refractivity contribution in [3.63, 3.8) is 0 Å². The highest BCUT2D eigenvalue weighted by Gasteiger charge is 2.05. The van der Waals surface area contributed by atoms with Crippen molar-refractivity contribution in [1.82, 2.24) is 0 Å². The highest BCUT2D eigenvalue weighted by atomic mass is 32.1. The lowest BCUT2D eigenvalue weighted by Gasteiger charge is -1.97. The Hall–Kier alpha value is 0.0400. The predicted octanol–water partition coefficient (Wildman–Crippen LogP) is 1.54. The number of carbonyl (C=O) groups excluding carboxylic acids is 2. The van der Waals surface area contributed by atoms with Crippen molar-refractivity contribution in [2.24, 2.45) is 0 Å². The first-order valence-corrected chi connectivity index (χ1v) is 5.22. The van der Waals surface area contributed by atoms with Crippen LogP contribution in [0.25, 0.3) is 0 Å². The van der Waals surface area contributed by atoms with Crippen LogP contribution in [-0.4, -0.2) is 23.1 Å². The molecular formula is C8H14O2S2. The standard InChI is InChI=1S/C8H14O2S2/c9-7(3-5-11)1-2-8(10)4-6-12/h11-12H,1-6H2. The number of ketones is 2. The van der Waals surface area contributed by atoms with Gasteiger partial charge in [-0.1, -0.05) is 0 Å². The van der Waals surface area contributed by atoms with Gasteiger partial charge in [-0.05, 0) is 11.5 Å². The maximum Gasteiger partial charge on any atom is 0.134 e. The van der Waals surface area contributed by atoms with E-state index in [1.54, 1.807) is 0 Å². The number of thiol groups is 2. The lowest BCUT2D eigenvalue weighted by molar-refractivity contribution is -0.123. The molecule has 0 atom stereocenters. The molecule has 0 amide bonds. The van der Waals surface area contributed by atoms with Crippen LogP contribution in [0.3, 0.4) is 0 Å². The molecule has 0 saturated heterocycles. The van der Waals surface area contributed by atoms with Gasteiger partial charge in [0.1, 0.15) is 11.6 Å². The number of carbonyl (C=O) groups is 2. The van der Waals surface area contributed by atoms with Crippen molar-refractivity contribution >= 4 is 36.8 Å². The zero-order valence-corrected chi connectivity index (χ0v) is 8.74. The number of Topliss-reactive ketones (excluding diaryl/α,β-unsaturated/α-hetero) is 2. The van der Waals surface area contributed by atoms with Gasteiger partial charge >= 0.3 is 0 Å². The second kappa shape index (κ2) is 7.68. The summed E-state index contributed by atoms with van der Waals surface area (Å²) in [6, 6.07) is 0. The third-order valence-electron chi connectivity index (χ3n) is 1.46. The second-order valence-electron chi connectivity index (χ2n) is 2.52. The monoisotopic (exact) mass is 206 g/mol. The molecular weight excluding hydrogens is 192 g/mol. The molecule has 0 aromatic carbocycles. The van der Waals surface area contributed by atoms with Crippen LogP contribution in [-0.2, 0) is 9.59 Å². The largest absolute Gasteiger partial charge is 0.300 e. The van der Waals surface area contributed by atoms with Gasteiger partial charge in [-0.25, -0.2) is 0 Å². The summed E-state index contributed by atoms with van der Waals surface area (Å²) in [5.74, 6) is 1.38. The first-order chi connectivity index (χ1) is 5.70. The summed E-state index contributed by atoms with van der Waals surface area (Å²) in [4.78, 5) is 21.9. The van der Waals surface area contributed by atoms with Crippen LogP contribution in [0.5, 0.6) is 0 Å². The van der Waals surface area contributed by atoms with Gasteiger partial charge in [0, 0.05) is 25.7 Å². The molecule has 70 valence electrons. The maximum absolute atomic E-state index is 10.9. The fraction of sp³-hybridized carbons (Fsp3) is 0.750. The van der Waals surface area contributed by atoms with E-state index in [0.717, 1.165) is 0 Å². The van der Waals surface area contributed by atoms with E-state index in [2.05, 4.69) is 25.3 Å². The summed E-state index contributed by atoms with van der Waals surface area (Å²) < 4.78 is 0. The van der Waals surface area contributed by atoms with Crippen molar-refractivity contribution in [3.8, 4) is 0 Å². The van der Waals surface area contributed by atoms with E-state index in [0.29, 0.717) is 37.2 Å². The third-order valence-corrected chi connectivity index (χ3v) is 1.91. The van der Waals surface area contributed by atoms with Crippen LogP contribution in [0.15, 0.2) is 0 Å². The quantitative estimate of drug-likeness (QED) is 0.620. The molecule has 0 N–H and O–H groups in total. The SMILES string of the molecule is O=C(CCS)CCC(=O)CCS. The van der Waals surface area contributed by atoms with E-state index in [-0.39, 0.29) is 11.6 Å². The molecule has 0 fully saturated rings. The Morgan fingerprint density at radius 3 is 1.33 bits per heavy atom. The van der Waals surface area contributed by atoms with E-state index >= 15 is 0 Å². The molecule has 0 bridgehead atoms. The fourth-order valence-electron chi connectivity index (χ4n) is 0.778. The molecule has 0 aliphatic rings. The minimum Gasteiger partial charge on any atom is -0.300 e. The Labute approximate surface area is 83.9 Å². The summed E-state index contributed by atoms with van der Waals surface area (Å²) in [5.41, 5.74) is 0. The van der Waals surface area contributed by atoms with Crippen molar-refractivity contribution in [1.29, 1.82) is 0 Å². The van der Waals surface area contributed by atoms with E-state index < -0.39 is 0 Å². The minimum absolute atomic E-state index is 0.123. The number of rotatable bonds is 7. The van der Waals surface area contributed by atoms with Crippen LogP contribution in [0.4, 0.5) is 0 Å². The summed E-state index contributed by atoms with van der Waals surface area (Å²) in [6.45, 7) is 0. The Morgan fingerprint density at radius 1 is 0.750 bits per heavy atom. The molecule has 0 aliphatic heterocycles. The third kappa shape index (κ3) is 6.73. The smallest absolute Gasteiger partial charge is 0.134 e. The minimum atomic E-state index is 0.123. The molecule has 4 heteroatoms. The van der Waals surface area contributed by atoms with Crippen LogP contribution in [0.2, 0.25) is 0 Å². The molecule has 0 unspecified atom stereocenters. The van der Waals surface area contributed by atoms with Crippen molar-refractivity contribution in [3.05, 3.63) is 0 Å². The zero-order valence-electron chi connectivity index (χ0n) is 6.95. The van der Waals surface area contributed by atoms with E-state index in [4.69, 9.17) is 0 Å². The Balaban J connectivity index is 3.40. The molecule has 0 aromatic heterocycles. The summed E-state index contributed by atoms with van der Waals surface area (Å²) in [6.07, 6.45) is 1.68. The summed E-state index contributed by atoms with van der Waals surface area (Å²) >= 11 is 7.86. The lowest BCUT2D eigenvalue weighted by Crippen LogP contribution is -2.04. The van der Waals surface area contributed by atoms with Crippen LogP contribution in [0.1, 0.15) is 25.7 Å². The Morgan fingerprint density at radius 2 is 1.08 bits per heavy atom. The maximum atomic E-state index is 10.9. The van der Waals surface area contributed by atoms with Gasteiger partial charge in [-0.2, -0.15) is 25.3 Å².